The molecule has 1 aromatic carbocycles. The van der Waals surface area contributed by atoms with Gasteiger partial charge in [0.2, 0.25) is 5.88 Å². The molecule has 2 aromatic rings. The second-order valence-corrected chi connectivity index (χ2v) is 4.66. The number of aromatic nitrogens is 1. The summed E-state index contributed by atoms with van der Waals surface area (Å²) < 4.78 is 46.4. The van der Waals surface area contributed by atoms with E-state index in [9.17, 15) is 18.0 Å². The van der Waals surface area contributed by atoms with Gasteiger partial charge in [0.15, 0.2) is 6.61 Å². The van der Waals surface area contributed by atoms with Gasteiger partial charge in [-0.2, -0.15) is 18.4 Å². The van der Waals surface area contributed by atoms with Gasteiger partial charge in [0.25, 0.3) is 0 Å². The predicted octanol–water partition coefficient (Wildman–Crippen LogP) is 3.35. The number of hydrogen-bond acceptors (Lipinski definition) is 5. The maximum atomic E-state index is 12.4. The van der Waals surface area contributed by atoms with Crippen LogP contribution in [-0.4, -0.2) is 30.8 Å². The zero-order valence-electron chi connectivity index (χ0n) is 12.4. The first-order valence-electron chi connectivity index (χ1n) is 6.62. The van der Waals surface area contributed by atoms with Crippen LogP contribution in [0.3, 0.4) is 0 Å². The number of ether oxygens (including phenoxy) is 2. The Balaban J connectivity index is 2.46. The number of methoxy groups -OCH3 is 1. The Labute approximate surface area is 135 Å². The molecule has 1 heterocycles. The van der Waals surface area contributed by atoms with Gasteiger partial charge in [-0.15, -0.1) is 0 Å². The number of nitrogens with zero attached hydrogens (tertiary/aromatic N) is 2. The number of nitriles is 1. The third-order valence-electron chi connectivity index (χ3n) is 2.97. The van der Waals surface area contributed by atoms with Crippen molar-refractivity contribution < 1.29 is 27.4 Å². The Morgan fingerprint density at radius 2 is 1.96 bits per heavy atom. The average Bonchev–Trinajstić information content (AvgIpc) is 2.58. The minimum Gasteiger partial charge on any atom is -0.468 e. The van der Waals surface area contributed by atoms with Crippen molar-refractivity contribution in [1.29, 1.82) is 5.26 Å². The van der Waals surface area contributed by atoms with E-state index < -0.39 is 18.8 Å². The molecule has 0 spiro atoms. The molecule has 0 aliphatic heterocycles. The van der Waals surface area contributed by atoms with Crippen molar-refractivity contribution in [2.24, 2.45) is 0 Å². The zero-order chi connectivity index (χ0) is 17.7. The van der Waals surface area contributed by atoms with Crippen molar-refractivity contribution >= 4 is 5.97 Å². The molecule has 2 rings (SSSR count). The molecule has 0 saturated carbocycles. The van der Waals surface area contributed by atoms with Gasteiger partial charge in [0, 0.05) is 11.8 Å². The molecule has 0 aliphatic rings. The van der Waals surface area contributed by atoms with Gasteiger partial charge in [-0.05, 0) is 23.8 Å². The van der Waals surface area contributed by atoms with Crippen LogP contribution in [0, 0.1) is 11.3 Å². The fourth-order valence-electron chi connectivity index (χ4n) is 1.88. The molecule has 124 valence electrons. The van der Waals surface area contributed by atoms with Crippen LogP contribution in [0.2, 0.25) is 0 Å². The standard InChI is InChI=1S/C16H11F3N2O3/c1-23-15(22)12-6-13(11-4-2-10(7-20)3-5-11)14(21-8-12)24-9-16(17,18)19/h2-6,8H,9H2,1H3. The van der Waals surface area contributed by atoms with Gasteiger partial charge in [0.1, 0.15) is 0 Å². The summed E-state index contributed by atoms with van der Waals surface area (Å²) in [6.07, 6.45) is -3.45. The summed E-state index contributed by atoms with van der Waals surface area (Å²) >= 11 is 0. The van der Waals surface area contributed by atoms with Gasteiger partial charge in [-0.1, -0.05) is 12.1 Å². The molecule has 0 bridgehead atoms. The summed E-state index contributed by atoms with van der Waals surface area (Å²) in [6, 6.07) is 9.30. The fraction of sp³-hybridized carbons (Fsp3) is 0.188. The second kappa shape index (κ2) is 7.00. The molecule has 0 amide bonds. The molecule has 0 atom stereocenters. The summed E-state index contributed by atoms with van der Waals surface area (Å²) in [7, 11) is 1.18. The monoisotopic (exact) mass is 336 g/mol. The van der Waals surface area contributed by atoms with E-state index in [2.05, 4.69) is 9.72 Å². The Morgan fingerprint density at radius 3 is 2.50 bits per heavy atom. The van der Waals surface area contributed by atoms with Crippen molar-refractivity contribution in [2.45, 2.75) is 6.18 Å². The van der Waals surface area contributed by atoms with E-state index in [0.29, 0.717) is 11.1 Å². The number of esters is 1. The van der Waals surface area contributed by atoms with Crippen LogP contribution in [0.1, 0.15) is 15.9 Å². The summed E-state index contributed by atoms with van der Waals surface area (Å²) in [5.41, 5.74) is 1.08. The van der Waals surface area contributed by atoms with Crippen molar-refractivity contribution in [1.82, 2.24) is 4.98 Å². The number of rotatable bonds is 4. The van der Waals surface area contributed by atoms with Crippen molar-refractivity contribution in [3.05, 3.63) is 47.7 Å². The van der Waals surface area contributed by atoms with Crippen molar-refractivity contribution in [2.75, 3.05) is 13.7 Å². The summed E-state index contributed by atoms with van der Waals surface area (Å²) in [5.74, 6) is -0.954. The number of hydrogen-bond donors (Lipinski definition) is 0. The zero-order valence-corrected chi connectivity index (χ0v) is 12.4. The lowest BCUT2D eigenvalue weighted by molar-refractivity contribution is -0.154. The number of halogens is 3. The van der Waals surface area contributed by atoms with E-state index in [1.807, 2.05) is 6.07 Å². The lowest BCUT2D eigenvalue weighted by atomic mass is 10.0. The van der Waals surface area contributed by atoms with Crippen LogP contribution in [0.4, 0.5) is 13.2 Å². The summed E-state index contributed by atoms with van der Waals surface area (Å²) in [5, 5.41) is 8.80. The highest BCUT2D eigenvalue weighted by Crippen LogP contribution is 2.30. The van der Waals surface area contributed by atoms with E-state index in [1.54, 1.807) is 0 Å². The molecule has 1 aromatic heterocycles. The Kier molecular flexibility index (Phi) is 5.04. The van der Waals surface area contributed by atoms with Crippen LogP contribution in [0.15, 0.2) is 36.5 Å². The topological polar surface area (TPSA) is 72.2 Å². The molecule has 0 fully saturated rings. The first-order chi connectivity index (χ1) is 11.3. The quantitative estimate of drug-likeness (QED) is 0.801. The molecule has 8 heteroatoms. The Bertz CT molecular complexity index is 781. The van der Waals surface area contributed by atoms with Crippen LogP contribution >= 0.6 is 0 Å². The fourth-order valence-corrected chi connectivity index (χ4v) is 1.88. The summed E-state index contributed by atoms with van der Waals surface area (Å²) in [4.78, 5) is 15.4. The minimum absolute atomic E-state index is 0.0659. The Hall–Kier alpha value is -3.08. The van der Waals surface area contributed by atoms with Crippen LogP contribution in [0.5, 0.6) is 5.88 Å². The lowest BCUT2D eigenvalue weighted by Crippen LogP contribution is -2.20. The van der Waals surface area contributed by atoms with Crippen molar-refractivity contribution in [3.63, 3.8) is 0 Å². The van der Waals surface area contributed by atoms with Gasteiger partial charge in [0.05, 0.1) is 24.3 Å². The second-order valence-electron chi connectivity index (χ2n) is 4.66. The number of pyridine rings is 1. The van der Waals surface area contributed by atoms with E-state index in [-0.39, 0.29) is 17.0 Å². The highest BCUT2D eigenvalue weighted by molar-refractivity contribution is 5.91. The normalized spacial score (nSPS) is 10.8. The first-order valence-corrected chi connectivity index (χ1v) is 6.62. The lowest BCUT2D eigenvalue weighted by Gasteiger charge is -2.13. The molecule has 0 saturated heterocycles. The molecule has 0 radical (unpaired) electrons. The van der Waals surface area contributed by atoms with Gasteiger partial charge in [-0.3, -0.25) is 0 Å². The number of carbonyl (C=O) groups is 1. The average molecular weight is 336 g/mol. The molecular formula is C16H11F3N2O3. The number of benzene rings is 1. The van der Waals surface area contributed by atoms with E-state index in [1.165, 1.54) is 37.4 Å². The van der Waals surface area contributed by atoms with E-state index >= 15 is 0 Å². The first kappa shape index (κ1) is 17.3. The molecule has 5 nitrogen and oxygen atoms in total. The van der Waals surface area contributed by atoms with E-state index in [0.717, 1.165) is 6.20 Å². The molecular weight excluding hydrogens is 325 g/mol. The van der Waals surface area contributed by atoms with Crippen LogP contribution in [-0.2, 0) is 4.74 Å². The molecule has 0 aliphatic carbocycles. The third kappa shape index (κ3) is 4.23. The third-order valence-corrected chi connectivity index (χ3v) is 2.97. The van der Waals surface area contributed by atoms with E-state index in [4.69, 9.17) is 10.00 Å². The smallest absolute Gasteiger partial charge is 0.422 e. The molecule has 0 unspecified atom stereocenters. The molecule has 24 heavy (non-hydrogen) atoms. The van der Waals surface area contributed by atoms with Crippen molar-refractivity contribution in [3.8, 4) is 23.1 Å². The largest absolute Gasteiger partial charge is 0.468 e. The van der Waals surface area contributed by atoms with Gasteiger partial charge >= 0.3 is 12.1 Å². The Morgan fingerprint density at radius 1 is 1.29 bits per heavy atom. The minimum atomic E-state index is -4.52. The highest BCUT2D eigenvalue weighted by Gasteiger charge is 2.29. The van der Waals surface area contributed by atoms with Gasteiger partial charge in [-0.25, -0.2) is 9.78 Å². The van der Waals surface area contributed by atoms with Crippen LogP contribution < -0.4 is 4.74 Å². The predicted molar refractivity (Wildman–Crippen MR) is 77.3 cm³/mol. The highest BCUT2D eigenvalue weighted by atomic mass is 19.4. The SMILES string of the molecule is COC(=O)c1cnc(OCC(F)(F)F)c(-c2ccc(C#N)cc2)c1. The number of carbonyl (C=O) groups excluding carboxylic acids is 1. The van der Waals surface area contributed by atoms with Crippen LogP contribution in [0.25, 0.3) is 11.1 Å². The maximum Gasteiger partial charge on any atom is 0.422 e. The maximum absolute atomic E-state index is 12.4. The summed E-state index contributed by atoms with van der Waals surface area (Å²) in [6.45, 7) is -1.51. The number of alkyl halides is 3. The van der Waals surface area contributed by atoms with Gasteiger partial charge < -0.3 is 9.47 Å². The molecule has 0 N–H and O–H groups in total.